The Morgan fingerprint density at radius 2 is 1.71 bits per heavy atom. The van der Waals surface area contributed by atoms with Gasteiger partial charge in [-0.1, -0.05) is 20.8 Å². The van der Waals surface area contributed by atoms with Gasteiger partial charge in [-0.15, -0.1) is 0 Å². The molecule has 84 valence electrons. The lowest BCUT2D eigenvalue weighted by molar-refractivity contribution is -0.131. The molecule has 0 saturated heterocycles. The van der Waals surface area contributed by atoms with Crippen LogP contribution < -0.4 is 0 Å². The first-order chi connectivity index (χ1) is 6.65. The van der Waals surface area contributed by atoms with E-state index in [0.717, 1.165) is 32.6 Å². The predicted molar refractivity (Wildman–Crippen MR) is 60.3 cm³/mol. The Morgan fingerprint density at radius 3 is 2.14 bits per heavy atom. The highest BCUT2D eigenvalue weighted by atomic mass is 16.2. The third-order valence-electron chi connectivity index (χ3n) is 2.44. The molecule has 0 saturated carbocycles. The van der Waals surface area contributed by atoms with Crippen LogP contribution in [0.2, 0.25) is 0 Å². The zero-order valence-corrected chi connectivity index (χ0v) is 10.0. The SMILES string of the molecule is CCCN(CCN(C)CC)C(=O)CC. The first kappa shape index (κ1) is 13.4. The molecule has 0 bridgehead atoms. The van der Waals surface area contributed by atoms with E-state index in [2.05, 4.69) is 25.8 Å². The highest BCUT2D eigenvalue weighted by molar-refractivity contribution is 5.75. The Hall–Kier alpha value is -0.570. The maximum absolute atomic E-state index is 11.5. The van der Waals surface area contributed by atoms with Crippen molar-refractivity contribution in [3.63, 3.8) is 0 Å². The van der Waals surface area contributed by atoms with Crippen LogP contribution in [-0.4, -0.2) is 48.9 Å². The van der Waals surface area contributed by atoms with Crippen molar-refractivity contribution in [2.24, 2.45) is 0 Å². The van der Waals surface area contributed by atoms with Gasteiger partial charge < -0.3 is 9.80 Å². The van der Waals surface area contributed by atoms with Crippen LogP contribution in [0.4, 0.5) is 0 Å². The van der Waals surface area contributed by atoms with Gasteiger partial charge in [-0.25, -0.2) is 0 Å². The summed E-state index contributed by atoms with van der Waals surface area (Å²) in [6, 6.07) is 0. The zero-order chi connectivity index (χ0) is 11.0. The summed E-state index contributed by atoms with van der Waals surface area (Å²) in [5.41, 5.74) is 0. The zero-order valence-electron chi connectivity index (χ0n) is 10.0. The van der Waals surface area contributed by atoms with Crippen LogP contribution in [0.15, 0.2) is 0 Å². The van der Waals surface area contributed by atoms with Crippen LogP contribution in [0.1, 0.15) is 33.6 Å². The molecule has 0 aliphatic rings. The van der Waals surface area contributed by atoms with Crippen molar-refractivity contribution in [1.82, 2.24) is 9.80 Å². The van der Waals surface area contributed by atoms with Crippen LogP contribution in [0, 0.1) is 0 Å². The van der Waals surface area contributed by atoms with Gasteiger partial charge in [-0.3, -0.25) is 4.79 Å². The first-order valence-electron chi connectivity index (χ1n) is 5.61. The minimum atomic E-state index is 0.274. The van der Waals surface area contributed by atoms with E-state index < -0.39 is 0 Å². The van der Waals surface area contributed by atoms with Crippen LogP contribution in [0.3, 0.4) is 0 Å². The summed E-state index contributed by atoms with van der Waals surface area (Å²) in [4.78, 5) is 15.7. The predicted octanol–water partition coefficient (Wildman–Crippen LogP) is 1.59. The molecule has 0 N–H and O–H groups in total. The summed E-state index contributed by atoms with van der Waals surface area (Å²) in [5.74, 6) is 0.274. The Morgan fingerprint density at radius 1 is 1.07 bits per heavy atom. The highest BCUT2D eigenvalue weighted by Crippen LogP contribution is 1.96. The molecule has 0 atom stereocenters. The molecule has 0 aromatic heterocycles. The van der Waals surface area contributed by atoms with Gasteiger partial charge in [0.15, 0.2) is 0 Å². The fourth-order valence-electron chi connectivity index (χ4n) is 1.30. The summed E-state index contributed by atoms with van der Waals surface area (Å²) >= 11 is 0. The maximum atomic E-state index is 11.5. The van der Waals surface area contributed by atoms with Gasteiger partial charge in [-0.2, -0.15) is 0 Å². The molecule has 0 aromatic rings. The summed E-state index contributed by atoms with van der Waals surface area (Å²) in [7, 11) is 2.08. The summed E-state index contributed by atoms with van der Waals surface area (Å²) in [5, 5.41) is 0. The van der Waals surface area contributed by atoms with Crippen molar-refractivity contribution in [2.45, 2.75) is 33.6 Å². The number of hydrogen-bond acceptors (Lipinski definition) is 2. The van der Waals surface area contributed by atoms with Crippen LogP contribution in [-0.2, 0) is 4.79 Å². The Balaban J connectivity index is 3.90. The quantitative estimate of drug-likeness (QED) is 0.623. The van der Waals surface area contributed by atoms with Crippen molar-refractivity contribution in [2.75, 3.05) is 33.2 Å². The minimum absolute atomic E-state index is 0.274. The van der Waals surface area contributed by atoms with Crippen molar-refractivity contribution < 1.29 is 4.79 Å². The topological polar surface area (TPSA) is 23.6 Å². The number of nitrogens with zero attached hydrogens (tertiary/aromatic N) is 2. The van der Waals surface area contributed by atoms with E-state index in [4.69, 9.17) is 0 Å². The lowest BCUT2D eigenvalue weighted by Crippen LogP contribution is -2.37. The Kier molecular flexibility index (Phi) is 7.48. The van der Waals surface area contributed by atoms with Gasteiger partial charge in [0.1, 0.15) is 0 Å². The lowest BCUT2D eigenvalue weighted by Gasteiger charge is -2.24. The number of carbonyl (C=O) groups excluding carboxylic acids is 1. The molecule has 0 aliphatic carbocycles. The fourth-order valence-corrected chi connectivity index (χ4v) is 1.30. The third kappa shape index (κ3) is 5.22. The lowest BCUT2D eigenvalue weighted by atomic mass is 10.3. The molecule has 0 rings (SSSR count). The molecule has 0 unspecified atom stereocenters. The number of rotatable bonds is 7. The normalized spacial score (nSPS) is 10.6. The van der Waals surface area contributed by atoms with E-state index in [1.807, 2.05) is 11.8 Å². The van der Waals surface area contributed by atoms with Crippen molar-refractivity contribution in [3.8, 4) is 0 Å². The van der Waals surface area contributed by atoms with Gasteiger partial charge in [0.05, 0.1) is 0 Å². The van der Waals surface area contributed by atoms with Gasteiger partial charge in [0, 0.05) is 26.1 Å². The number of hydrogen-bond donors (Lipinski definition) is 0. The molecule has 0 fully saturated rings. The van der Waals surface area contributed by atoms with E-state index >= 15 is 0 Å². The average molecular weight is 200 g/mol. The number of carbonyl (C=O) groups is 1. The Labute approximate surface area is 88.1 Å². The second-order valence-corrected chi connectivity index (χ2v) is 3.63. The molecular weight excluding hydrogens is 176 g/mol. The van der Waals surface area contributed by atoms with E-state index in [1.54, 1.807) is 0 Å². The summed E-state index contributed by atoms with van der Waals surface area (Å²) < 4.78 is 0. The first-order valence-corrected chi connectivity index (χ1v) is 5.61. The van der Waals surface area contributed by atoms with E-state index in [9.17, 15) is 4.79 Å². The third-order valence-corrected chi connectivity index (χ3v) is 2.44. The summed E-state index contributed by atoms with van der Waals surface area (Å²) in [6.45, 7) is 9.94. The number of amides is 1. The number of likely N-dealkylation sites (N-methyl/N-ethyl adjacent to an activating group) is 1. The van der Waals surface area contributed by atoms with Crippen LogP contribution >= 0.6 is 0 Å². The Bertz CT molecular complexity index is 159. The molecule has 0 aromatic carbocycles. The molecule has 1 amide bonds. The van der Waals surface area contributed by atoms with E-state index in [-0.39, 0.29) is 5.91 Å². The largest absolute Gasteiger partial charge is 0.341 e. The second kappa shape index (κ2) is 7.80. The van der Waals surface area contributed by atoms with Crippen LogP contribution in [0.25, 0.3) is 0 Å². The van der Waals surface area contributed by atoms with E-state index in [1.165, 1.54) is 0 Å². The maximum Gasteiger partial charge on any atom is 0.222 e. The minimum Gasteiger partial charge on any atom is -0.341 e. The van der Waals surface area contributed by atoms with Gasteiger partial charge >= 0.3 is 0 Å². The molecular formula is C11H24N2O. The standard InChI is InChI=1S/C11H24N2O/c1-5-8-13(11(14)6-2)10-9-12(4)7-3/h5-10H2,1-4H3. The average Bonchev–Trinajstić information content (AvgIpc) is 2.22. The molecule has 3 nitrogen and oxygen atoms in total. The van der Waals surface area contributed by atoms with Crippen LogP contribution in [0.5, 0.6) is 0 Å². The highest BCUT2D eigenvalue weighted by Gasteiger charge is 2.10. The molecule has 0 spiro atoms. The molecule has 3 heteroatoms. The van der Waals surface area contributed by atoms with E-state index in [0.29, 0.717) is 6.42 Å². The second-order valence-electron chi connectivity index (χ2n) is 3.63. The molecule has 14 heavy (non-hydrogen) atoms. The smallest absolute Gasteiger partial charge is 0.222 e. The van der Waals surface area contributed by atoms with Gasteiger partial charge in [0.2, 0.25) is 5.91 Å². The summed E-state index contributed by atoms with van der Waals surface area (Å²) in [6.07, 6.45) is 1.66. The van der Waals surface area contributed by atoms with Crippen molar-refractivity contribution in [3.05, 3.63) is 0 Å². The molecule has 0 radical (unpaired) electrons. The van der Waals surface area contributed by atoms with Gasteiger partial charge in [-0.05, 0) is 20.0 Å². The van der Waals surface area contributed by atoms with Crippen molar-refractivity contribution >= 4 is 5.91 Å². The van der Waals surface area contributed by atoms with Crippen molar-refractivity contribution in [1.29, 1.82) is 0 Å². The molecule has 0 aliphatic heterocycles. The monoisotopic (exact) mass is 200 g/mol. The fraction of sp³-hybridized carbons (Fsp3) is 0.909. The van der Waals surface area contributed by atoms with Gasteiger partial charge in [0.25, 0.3) is 0 Å². The molecule has 0 heterocycles.